The molecule has 0 radical (unpaired) electrons. The van der Waals surface area contributed by atoms with Gasteiger partial charge in [0.25, 0.3) is 0 Å². The van der Waals surface area contributed by atoms with Gasteiger partial charge in [0.15, 0.2) is 0 Å². The van der Waals surface area contributed by atoms with E-state index in [1.165, 1.54) is 6.92 Å². The number of carbonyl (C=O) groups is 2. The SMILES string of the molecule is COc1cc(CSC)cc(OC)c1-c1ccc(C[C@H](NC(=O)C(C)=C(Cl)Cl)C(=O)O)cc1. The van der Waals surface area contributed by atoms with Crippen LogP contribution < -0.4 is 14.8 Å². The fourth-order valence-corrected chi connectivity index (χ4v) is 3.77. The molecule has 0 heterocycles. The molecule has 2 N–H and O–H groups in total. The Balaban J connectivity index is 2.30. The number of methoxy groups -OCH3 is 2. The summed E-state index contributed by atoms with van der Waals surface area (Å²) in [6, 6.07) is 10.2. The lowest BCUT2D eigenvalue weighted by Gasteiger charge is -2.17. The number of thioether (sulfide) groups is 1. The number of carbonyl (C=O) groups excluding carboxylic acids is 1. The number of nitrogens with one attached hydrogen (secondary N) is 1. The normalized spacial score (nSPS) is 11.4. The monoisotopic (exact) mass is 497 g/mol. The lowest BCUT2D eigenvalue weighted by molar-refractivity contribution is -0.141. The number of carboxylic acid groups (broad SMARTS) is 1. The molecule has 0 saturated carbocycles. The van der Waals surface area contributed by atoms with Crippen molar-refractivity contribution >= 4 is 46.8 Å². The van der Waals surface area contributed by atoms with E-state index in [0.717, 1.165) is 28.0 Å². The van der Waals surface area contributed by atoms with Crippen LogP contribution in [0.4, 0.5) is 0 Å². The highest BCUT2D eigenvalue weighted by molar-refractivity contribution is 7.97. The van der Waals surface area contributed by atoms with Gasteiger partial charge in [-0.05, 0) is 42.0 Å². The van der Waals surface area contributed by atoms with Crippen molar-refractivity contribution in [3.63, 3.8) is 0 Å². The predicted octanol–water partition coefficient (Wildman–Crippen LogP) is 5.05. The van der Waals surface area contributed by atoms with Gasteiger partial charge in [-0.1, -0.05) is 47.5 Å². The van der Waals surface area contributed by atoms with Crippen LogP contribution in [0, 0.1) is 0 Å². The molecule has 2 aromatic rings. The van der Waals surface area contributed by atoms with Gasteiger partial charge in [-0.2, -0.15) is 11.8 Å². The highest BCUT2D eigenvalue weighted by atomic mass is 35.5. The first-order valence-electron chi connectivity index (χ1n) is 9.60. The van der Waals surface area contributed by atoms with Crippen molar-refractivity contribution in [1.82, 2.24) is 5.32 Å². The summed E-state index contributed by atoms with van der Waals surface area (Å²) in [5.74, 6) is 0.425. The molecule has 2 aromatic carbocycles. The van der Waals surface area contributed by atoms with Gasteiger partial charge in [-0.25, -0.2) is 4.79 Å². The van der Waals surface area contributed by atoms with Crippen LogP contribution in [-0.2, 0) is 21.8 Å². The Labute approximate surface area is 201 Å². The fourth-order valence-electron chi connectivity index (χ4n) is 3.10. The molecule has 2 rings (SSSR count). The van der Waals surface area contributed by atoms with Crippen LogP contribution >= 0.6 is 35.0 Å². The zero-order valence-electron chi connectivity index (χ0n) is 18.2. The molecule has 0 aliphatic heterocycles. The minimum Gasteiger partial charge on any atom is -0.496 e. The minimum absolute atomic E-state index is 0.0547. The van der Waals surface area contributed by atoms with Crippen molar-refractivity contribution in [2.75, 3.05) is 20.5 Å². The van der Waals surface area contributed by atoms with Gasteiger partial charge in [0, 0.05) is 17.7 Å². The second-order valence-corrected chi connectivity index (χ2v) is 8.77. The van der Waals surface area contributed by atoms with Gasteiger partial charge >= 0.3 is 5.97 Å². The molecule has 0 unspecified atom stereocenters. The molecule has 1 amide bonds. The Morgan fingerprint density at radius 1 is 1.06 bits per heavy atom. The highest BCUT2D eigenvalue weighted by Crippen LogP contribution is 2.40. The maximum absolute atomic E-state index is 12.1. The zero-order chi connectivity index (χ0) is 23.8. The van der Waals surface area contributed by atoms with Crippen LogP contribution in [0.5, 0.6) is 11.5 Å². The van der Waals surface area contributed by atoms with Gasteiger partial charge in [0.05, 0.1) is 19.8 Å². The Morgan fingerprint density at radius 3 is 2.06 bits per heavy atom. The van der Waals surface area contributed by atoms with Gasteiger partial charge in [0.1, 0.15) is 22.0 Å². The van der Waals surface area contributed by atoms with E-state index in [-0.39, 0.29) is 16.5 Å². The van der Waals surface area contributed by atoms with Gasteiger partial charge < -0.3 is 19.9 Å². The van der Waals surface area contributed by atoms with E-state index in [4.69, 9.17) is 32.7 Å². The predicted molar refractivity (Wildman–Crippen MR) is 130 cm³/mol. The molecule has 32 heavy (non-hydrogen) atoms. The summed E-state index contributed by atoms with van der Waals surface area (Å²) in [7, 11) is 3.22. The summed E-state index contributed by atoms with van der Waals surface area (Å²) in [4.78, 5) is 23.8. The number of hydrogen-bond acceptors (Lipinski definition) is 5. The van der Waals surface area contributed by atoms with Crippen LogP contribution in [0.2, 0.25) is 0 Å². The Kier molecular flexibility index (Phi) is 9.75. The number of benzene rings is 2. The molecular formula is C23H25Cl2NO5S. The molecule has 0 spiro atoms. The van der Waals surface area contributed by atoms with Crippen molar-refractivity contribution < 1.29 is 24.2 Å². The minimum atomic E-state index is -1.16. The molecule has 0 aliphatic rings. The van der Waals surface area contributed by atoms with Gasteiger partial charge in [0.2, 0.25) is 5.91 Å². The summed E-state index contributed by atoms with van der Waals surface area (Å²) < 4.78 is 11.0. The first-order chi connectivity index (χ1) is 15.2. The van der Waals surface area contributed by atoms with Crippen LogP contribution in [0.15, 0.2) is 46.5 Å². The van der Waals surface area contributed by atoms with Crippen molar-refractivity contribution in [2.45, 2.75) is 25.1 Å². The molecule has 172 valence electrons. The molecule has 0 saturated heterocycles. The standard InChI is InChI=1S/C23H25Cl2NO5S/c1-13(21(24)25)22(27)26-17(23(28)29)9-14-5-7-16(8-6-14)20-18(30-2)10-15(12-32-4)11-19(20)31-3/h5-8,10-11,17H,9,12H2,1-4H3,(H,26,27)(H,28,29)/t17-/m0/s1. The lowest BCUT2D eigenvalue weighted by atomic mass is 9.98. The third-order valence-electron chi connectivity index (χ3n) is 4.79. The van der Waals surface area contributed by atoms with Crippen molar-refractivity contribution in [3.05, 3.63) is 57.6 Å². The first kappa shape index (κ1) is 25.9. The average Bonchev–Trinajstić information content (AvgIpc) is 2.77. The number of halogens is 2. The van der Waals surface area contributed by atoms with E-state index in [0.29, 0.717) is 11.5 Å². The maximum Gasteiger partial charge on any atom is 0.326 e. The fraction of sp³-hybridized carbons (Fsp3) is 0.304. The summed E-state index contributed by atoms with van der Waals surface area (Å²) in [6.45, 7) is 1.42. The molecule has 0 bridgehead atoms. The summed E-state index contributed by atoms with van der Waals surface area (Å²) in [5, 5.41) is 12.0. The third-order valence-corrected chi connectivity index (χ3v) is 5.98. The number of aliphatic carboxylic acids is 1. The van der Waals surface area contributed by atoms with Crippen LogP contribution in [-0.4, -0.2) is 43.5 Å². The van der Waals surface area contributed by atoms with E-state index in [1.54, 1.807) is 26.0 Å². The van der Waals surface area contributed by atoms with E-state index in [2.05, 4.69) is 5.32 Å². The van der Waals surface area contributed by atoms with Crippen molar-refractivity contribution in [3.8, 4) is 22.6 Å². The second-order valence-electron chi connectivity index (χ2n) is 6.96. The Bertz CT molecular complexity index is 979. The average molecular weight is 498 g/mol. The third kappa shape index (κ3) is 6.58. The molecular weight excluding hydrogens is 473 g/mol. The largest absolute Gasteiger partial charge is 0.496 e. The molecule has 6 nitrogen and oxygen atoms in total. The van der Waals surface area contributed by atoms with Crippen LogP contribution in [0.3, 0.4) is 0 Å². The van der Waals surface area contributed by atoms with Crippen molar-refractivity contribution in [2.24, 2.45) is 0 Å². The van der Waals surface area contributed by atoms with E-state index < -0.39 is 17.9 Å². The lowest BCUT2D eigenvalue weighted by Crippen LogP contribution is -2.42. The summed E-state index contributed by atoms with van der Waals surface area (Å²) in [5.41, 5.74) is 3.55. The Morgan fingerprint density at radius 2 is 1.62 bits per heavy atom. The number of carboxylic acids is 1. The zero-order valence-corrected chi connectivity index (χ0v) is 20.5. The highest BCUT2D eigenvalue weighted by Gasteiger charge is 2.22. The van der Waals surface area contributed by atoms with E-state index in [1.807, 2.05) is 42.7 Å². The van der Waals surface area contributed by atoms with Crippen LogP contribution in [0.1, 0.15) is 18.1 Å². The number of amides is 1. The molecule has 0 aromatic heterocycles. The van der Waals surface area contributed by atoms with E-state index >= 15 is 0 Å². The molecule has 9 heteroatoms. The quantitative estimate of drug-likeness (QED) is 0.446. The number of hydrogen-bond donors (Lipinski definition) is 2. The maximum atomic E-state index is 12.1. The number of ether oxygens (including phenoxy) is 2. The van der Waals surface area contributed by atoms with Crippen molar-refractivity contribution in [1.29, 1.82) is 0 Å². The summed E-state index contributed by atoms with van der Waals surface area (Å²) in [6.07, 6.45) is 2.12. The Hall–Kier alpha value is -2.35. The molecule has 1 atom stereocenters. The second kappa shape index (κ2) is 12.0. The molecule has 0 fully saturated rings. The summed E-state index contributed by atoms with van der Waals surface area (Å²) >= 11 is 12.9. The smallest absolute Gasteiger partial charge is 0.326 e. The van der Waals surface area contributed by atoms with Crippen LogP contribution in [0.25, 0.3) is 11.1 Å². The van der Waals surface area contributed by atoms with Gasteiger partial charge in [-0.15, -0.1) is 0 Å². The molecule has 0 aliphatic carbocycles. The topological polar surface area (TPSA) is 84.9 Å². The van der Waals surface area contributed by atoms with E-state index in [9.17, 15) is 14.7 Å². The number of rotatable bonds is 10. The first-order valence-corrected chi connectivity index (χ1v) is 11.8. The van der Waals surface area contributed by atoms with Gasteiger partial charge in [-0.3, -0.25) is 4.79 Å².